The van der Waals surface area contributed by atoms with E-state index < -0.39 is 27.8 Å². The molecule has 0 N–H and O–H groups in total. The molecule has 17 heavy (non-hydrogen) atoms. The van der Waals surface area contributed by atoms with Crippen molar-refractivity contribution in [2.45, 2.75) is 32.4 Å². The van der Waals surface area contributed by atoms with Crippen molar-refractivity contribution in [3.05, 3.63) is 39.4 Å². The molecule has 0 bridgehead atoms. The van der Waals surface area contributed by atoms with Crippen molar-refractivity contribution in [2.24, 2.45) is 0 Å². The summed E-state index contributed by atoms with van der Waals surface area (Å²) in [6, 6.07) is 2.62. The Kier molecular flexibility index (Phi) is 3.18. The number of halogens is 3. The Morgan fingerprint density at radius 1 is 1.18 bits per heavy atom. The standard InChI is InChI=1S/C11H12F3NO2/c1-10(2,3)8-5-4-7(11(12,13)14)6-9(8)15(16)17/h4-6H,1-3H3. The maximum Gasteiger partial charge on any atom is 0.416 e. The number of nitro benzene ring substituents is 1. The first-order valence-electron chi connectivity index (χ1n) is 4.89. The van der Waals surface area contributed by atoms with Crippen molar-refractivity contribution in [1.29, 1.82) is 0 Å². The van der Waals surface area contributed by atoms with Crippen LogP contribution < -0.4 is 0 Å². The number of nitrogens with zero attached hydrogens (tertiary/aromatic N) is 1. The van der Waals surface area contributed by atoms with Gasteiger partial charge in [-0.05, 0) is 11.5 Å². The van der Waals surface area contributed by atoms with Gasteiger partial charge in [0.2, 0.25) is 0 Å². The molecule has 0 atom stereocenters. The maximum atomic E-state index is 12.4. The van der Waals surface area contributed by atoms with Crippen LogP contribution in [0.25, 0.3) is 0 Å². The smallest absolute Gasteiger partial charge is 0.258 e. The maximum absolute atomic E-state index is 12.4. The van der Waals surface area contributed by atoms with Crippen LogP contribution in [0.4, 0.5) is 18.9 Å². The molecular formula is C11H12F3NO2. The van der Waals surface area contributed by atoms with Crippen LogP contribution in [0, 0.1) is 10.1 Å². The normalized spacial score (nSPS) is 12.6. The fourth-order valence-electron chi connectivity index (χ4n) is 1.49. The van der Waals surface area contributed by atoms with E-state index in [1.807, 2.05) is 0 Å². The van der Waals surface area contributed by atoms with E-state index in [0.29, 0.717) is 6.07 Å². The van der Waals surface area contributed by atoms with Gasteiger partial charge in [-0.3, -0.25) is 10.1 Å². The number of hydrogen-bond acceptors (Lipinski definition) is 2. The number of nitro groups is 1. The zero-order valence-electron chi connectivity index (χ0n) is 9.63. The number of benzene rings is 1. The van der Waals surface area contributed by atoms with Gasteiger partial charge < -0.3 is 0 Å². The summed E-state index contributed by atoms with van der Waals surface area (Å²) in [5.74, 6) is 0. The van der Waals surface area contributed by atoms with Gasteiger partial charge in [0.15, 0.2) is 0 Å². The lowest BCUT2D eigenvalue weighted by Gasteiger charge is -2.19. The second-order valence-corrected chi connectivity index (χ2v) is 4.74. The van der Waals surface area contributed by atoms with Crippen molar-refractivity contribution in [2.75, 3.05) is 0 Å². The van der Waals surface area contributed by atoms with E-state index in [0.717, 1.165) is 6.07 Å². The van der Waals surface area contributed by atoms with Crippen LogP contribution in [0.3, 0.4) is 0 Å². The Morgan fingerprint density at radius 2 is 1.71 bits per heavy atom. The first-order valence-corrected chi connectivity index (χ1v) is 4.89. The van der Waals surface area contributed by atoms with E-state index in [-0.39, 0.29) is 5.56 Å². The highest BCUT2D eigenvalue weighted by atomic mass is 19.4. The lowest BCUT2D eigenvalue weighted by molar-refractivity contribution is -0.386. The SMILES string of the molecule is CC(C)(C)c1ccc(C(F)(F)F)cc1[N+](=O)[O-]. The quantitative estimate of drug-likeness (QED) is 0.557. The van der Waals surface area contributed by atoms with Crippen LogP contribution in [0.2, 0.25) is 0 Å². The lowest BCUT2D eigenvalue weighted by Crippen LogP contribution is -2.15. The van der Waals surface area contributed by atoms with Crippen molar-refractivity contribution in [1.82, 2.24) is 0 Å². The van der Waals surface area contributed by atoms with Crippen molar-refractivity contribution in [3.8, 4) is 0 Å². The molecule has 0 aromatic heterocycles. The number of hydrogen-bond donors (Lipinski definition) is 0. The number of alkyl halides is 3. The molecule has 3 nitrogen and oxygen atoms in total. The summed E-state index contributed by atoms with van der Waals surface area (Å²) >= 11 is 0. The third-order valence-corrected chi connectivity index (χ3v) is 2.33. The Bertz CT molecular complexity index is 447. The Labute approximate surface area is 96.4 Å². The van der Waals surface area contributed by atoms with Gasteiger partial charge in [0.05, 0.1) is 10.5 Å². The van der Waals surface area contributed by atoms with Crippen LogP contribution in [0.1, 0.15) is 31.9 Å². The predicted octanol–water partition coefficient (Wildman–Crippen LogP) is 3.91. The molecule has 6 heteroatoms. The first-order chi connectivity index (χ1) is 7.53. The summed E-state index contributed by atoms with van der Waals surface area (Å²) in [7, 11) is 0. The third kappa shape index (κ3) is 2.95. The summed E-state index contributed by atoms with van der Waals surface area (Å²) in [6.45, 7) is 5.13. The molecule has 1 rings (SSSR count). The van der Waals surface area contributed by atoms with E-state index in [9.17, 15) is 23.3 Å². The predicted molar refractivity (Wildman–Crippen MR) is 56.8 cm³/mol. The zero-order chi connectivity index (χ0) is 13.4. The molecular weight excluding hydrogens is 235 g/mol. The van der Waals surface area contributed by atoms with Gasteiger partial charge in [0, 0.05) is 11.6 Å². The largest absolute Gasteiger partial charge is 0.416 e. The molecule has 0 aliphatic rings. The van der Waals surface area contributed by atoms with Crippen LogP contribution in [-0.4, -0.2) is 4.92 Å². The Hall–Kier alpha value is -1.59. The van der Waals surface area contributed by atoms with Gasteiger partial charge >= 0.3 is 6.18 Å². The summed E-state index contributed by atoms with van der Waals surface area (Å²) in [5.41, 5.74) is -1.79. The monoisotopic (exact) mass is 247 g/mol. The molecule has 1 aromatic carbocycles. The Morgan fingerprint density at radius 3 is 2.06 bits per heavy atom. The molecule has 0 radical (unpaired) electrons. The summed E-state index contributed by atoms with van der Waals surface area (Å²) in [5, 5.41) is 10.8. The highest BCUT2D eigenvalue weighted by Gasteiger charge is 2.34. The van der Waals surface area contributed by atoms with Crippen LogP contribution in [-0.2, 0) is 11.6 Å². The molecule has 0 heterocycles. The summed E-state index contributed by atoms with van der Waals surface area (Å²) < 4.78 is 37.3. The summed E-state index contributed by atoms with van der Waals surface area (Å²) in [4.78, 5) is 10.0. The molecule has 1 aromatic rings. The molecule has 0 aliphatic heterocycles. The third-order valence-electron chi connectivity index (χ3n) is 2.33. The molecule has 94 valence electrons. The first kappa shape index (κ1) is 13.5. The van der Waals surface area contributed by atoms with E-state index in [1.54, 1.807) is 20.8 Å². The fraction of sp³-hybridized carbons (Fsp3) is 0.455. The fourth-order valence-corrected chi connectivity index (χ4v) is 1.49. The molecule has 0 aliphatic carbocycles. The molecule has 0 unspecified atom stereocenters. The van der Waals surface area contributed by atoms with Crippen LogP contribution in [0.5, 0.6) is 0 Å². The Balaban J connectivity index is 3.43. The van der Waals surface area contributed by atoms with Gasteiger partial charge in [-0.25, -0.2) is 0 Å². The van der Waals surface area contributed by atoms with Crippen molar-refractivity contribution < 1.29 is 18.1 Å². The molecule has 0 spiro atoms. The minimum atomic E-state index is -4.57. The second kappa shape index (κ2) is 4.01. The average Bonchev–Trinajstić information content (AvgIpc) is 2.14. The molecule has 0 saturated carbocycles. The minimum absolute atomic E-state index is 0.288. The van der Waals surface area contributed by atoms with E-state index in [4.69, 9.17) is 0 Å². The summed E-state index contributed by atoms with van der Waals surface area (Å²) in [6.07, 6.45) is -4.57. The number of rotatable bonds is 1. The van der Waals surface area contributed by atoms with Crippen molar-refractivity contribution in [3.63, 3.8) is 0 Å². The topological polar surface area (TPSA) is 43.1 Å². The van der Waals surface area contributed by atoms with E-state index in [2.05, 4.69) is 0 Å². The van der Waals surface area contributed by atoms with E-state index in [1.165, 1.54) is 6.07 Å². The second-order valence-electron chi connectivity index (χ2n) is 4.74. The van der Waals surface area contributed by atoms with Gasteiger partial charge in [0.25, 0.3) is 5.69 Å². The highest BCUT2D eigenvalue weighted by molar-refractivity contribution is 5.47. The molecule has 0 saturated heterocycles. The van der Waals surface area contributed by atoms with Gasteiger partial charge in [-0.1, -0.05) is 26.8 Å². The molecule has 0 fully saturated rings. The zero-order valence-corrected chi connectivity index (χ0v) is 9.63. The minimum Gasteiger partial charge on any atom is -0.258 e. The van der Waals surface area contributed by atoms with Gasteiger partial charge in [-0.2, -0.15) is 13.2 Å². The highest BCUT2D eigenvalue weighted by Crippen LogP contribution is 2.37. The van der Waals surface area contributed by atoms with Gasteiger partial charge in [-0.15, -0.1) is 0 Å². The van der Waals surface area contributed by atoms with Crippen LogP contribution in [0.15, 0.2) is 18.2 Å². The van der Waals surface area contributed by atoms with Crippen molar-refractivity contribution >= 4 is 5.69 Å². The van der Waals surface area contributed by atoms with Crippen LogP contribution >= 0.6 is 0 Å². The van der Waals surface area contributed by atoms with E-state index >= 15 is 0 Å². The molecule has 0 amide bonds. The average molecular weight is 247 g/mol. The van der Waals surface area contributed by atoms with Gasteiger partial charge in [0.1, 0.15) is 0 Å². The lowest BCUT2D eigenvalue weighted by atomic mass is 9.85.